The van der Waals surface area contributed by atoms with Gasteiger partial charge in [0.25, 0.3) is 11.1 Å². The van der Waals surface area contributed by atoms with E-state index in [1.165, 1.54) is 6.07 Å². The van der Waals surface area contributed by atoms with Crippen LogP contribution >= 0.6 is 0 Å². The summed E-state index contributed by atoms with van der Waals surface area (Å²) in [6.07, 6.45) is 3.21. The molecule has 0 unspecified atom stereocenters. The summed E-state index contributed by atoms with van der Waals surface area (Å²) in [7, 11) is 0. The third kappa shape index (κ3) is 4.55. The minimum absolute atomic E-state index is 0.00976. The summed E-state index contributed by atoms with van der Waals surface area (Å²) in [5, 5.41) is 4.85. The Morgan fingerprint density at radius 2 is 1.78 bits per heavy atom. The predicted molar refractivity (Wildman–Crippen MR) is 114 cm³/mol. The minimum atomic E-state index is -2.99. The molecule has 8 nitrogen and oxygen atoms in total. The number of hydrogen-bond donors (Lipinski definition) is 3. The van der Waals surface area contributed by atoms with Crippen LogP contribution < -0.4 is 20.6 Å². The number of hydrogen-bond acceptors (Lipinski definition) is 5. The number of aromatic amines is 3. The average Bonchev–Trinajstić information content (AvgIpc) is 3.50. The number of nitrogens with one attached hydrogen (secondary N) is 3. The molecule has 3 N–H and O–H groups in total. The molecule has 0 atom stereocenters. The van der Waals surface area contributed by atoms with E-state index < -0.39 is 17.7 Å². The van der Waals surface area contributed by atoms with Crippen molar-refractivity contribution < 1.29 is 23.0 Å². The second kappa shape index (κ2) is 9.15. The molecule has 10 heteroatoms. The Hall–Kier alpha value is -3.14. The summed E-state index contributed by atoms with van der Waals surface area (Å²) >= 11 is 0. The van der Waals surface area contributed by atoms with Crippen molar-refractivity contribution in [2.45, 2.75) is 65.0 Å². The molecule has 2 heterocycles. The zero-order valence-electron chi connectivity index (χ0n) is 17.8. The Kier molecular flexibility index (Phi) is 6.31. The second-order valence-electron chi connectivity index (χ2n) is 7.74. The number of halogens is 2. The van der Waals surface area contributed by atoms with Crippen LogP contribution in [0.25, 0.3) is 22.2 Å². The first kappa shape index (κ1) is 22.1. The molecular weight excluding hydrogens is 424 g/mol. The average molecular weight is 449 g/mol. The van der Waals surface area contributed by atoms with Gasteiger partial charge >= 0.3 is 6.61 Å². The fourth-order valence-electron chi connectivity index (χ4n) is 3.63. The smallest absolute Gasteiger partial charge is 0.387 e. The van der Waals surface area contributed by atoms with E-state index in [2.05, 4.69) is 19.9 Å². The van der Waals surface area contributed by atoms with Crippen LogP contribution in [0, 0.1) is 0 Å². The molecule has 0 bridgehead atoms. The largest absolute Gasteiger partial charge is 0.487 e. The lowest BCUT2D eigenvalue weighted by Crippen LogP contribution is -2.19. The number of alkyl halides is 2. The van der Waals surface area contributed by atoms with Crippen LogP contribution in [-0.4, -0.2) is 34.0 Å². The highest BCUT2D eigenvalue weighted by molar-refractivity contribution is 5.89. The van der Waals surface area contributed by atoms with Crippen LogP contribution in [0.1, 0.15) is 45.1 Å². The van der Waals surface area contributed by atoms with E-state index in [9.17, 15) is 18.4 Å². The Balaban J connectivity index is 1.83. The van der Waals surface area contributed by atoms with Gasteiger partial charge in [-0.2, -0.15) is 8.78 Å². The van der Waals surface area contributed by atoms with Gasteiger partial charge in [0.05, 0.1) is 29.9 Å². The molecule has 32 heavy (non-hydrogen) atoms. The van der Waals surface area contributed by atoms with Gasteiger partial charge in [0, 0.05) is 11.1 Å². The van der Waals surface area contributed by atoms with Crippen molar-refractivity contribution in [1.29, 1.82) is 0 Å². The molecule has 0 radical (unpaired) electrons. The first-order valence-electron chi connectivity index (χ1n) is 10.6. The van der Waals surface area contributed by atoms with Gasteiger partial charge in [0.1, 0.15) is 5.52 Å². The molecule has 0 saturated heterocycles. The molecule has 0 amide bonds. The van der Waals surface area contributed by atoms with Crippen LogP contribution in [0.2, 0.25) is 0 Å². The number of aromatic nitrogens is 3. The van der Waals surface area contributed by atoms with Gasteiger partial charge in [-0.15, -0.1) is 0 Å². The van der Waals surface area contributed by atoms with Crippen molar-refractivity contribution in [3.8, 4) is 22.8 Å². The highest BCUT2D eigenvalue weighted by Gasteiger charge is 2.27. The van der Waals surface area contributed by atoms with Gasteiger partial charge in [0.15, 0.2) is 11.5 Å². The molecule has 1 fully saturated rings. The molecule has 1 saturated carbocycles. The molecule has 1 aliphatic carbocycles. The molecule has 172 valence electrons. The molecule has 4 rings (SSSR count). The zero-order valence-corrected chi connectivity index (χ0v) is 17.8. The van der Waals surface area contributed by atoms with Crippen LogP contribution in [0.3, 0.4) is 0 Å². The van der Waals surface area contributed by atoms with Crippen LogP contribution in [0.4, 0.5) is 8.78 Å². The molecule has 2 aromatic heterocycles. The lowest BCUT2D eigenvalue weighted by molar-refractivity contribution is -0.0516. The number of H-pyrrole nitrogens is 3. The van der Waals surface area contributed by atoms with E-state index in [4.69, 9.17) is 9.47 Å². The number of fused-ring (bicyclic) bond motifs is 1. The lowest BCUT2D eigenvalue weighted by Gasteiger charge is -2.16. The minimum Gasteiger partial charge on any atom is -0.487 e. The van der Waals surface area contributed by atoms with Crippen molar-refractivity contribution >= 4 is 10.9 Å². The molecule has 1 aliphatic rings. The Bertz CT molecular complexity index is 1210. The molecular formula is C22H25F2N3O5. The second-order valence-corrected chi connectivity index (χ2v) is 7.74. The molecule has 0 spiro atoms. The van der Waals surface area contributed by atoms with E-state index >= 15 is 0 Å². The fraction of sp³-hybridized carbons (Fsp3) is 0.455. The maximum absolute atomic E-state index is 12.8. The fourth-order valence-corrected chi connectivity index (χ4v) is 3.63. The first-order chi connectivity index (χ1) is 15.4. The van der Waals surface area contributed by atoms with Crippen LogP contribution in [0.15, 0.2) is 27.8 Å². The SMILES string of the molecule is CCC(CC)OCc1c(-c2ccc(OC(F)F)c(OC3CC3)c2)[nH]c2c(=O)[nH][nH]c(=O)c12. The van der Waals surface area contributed by atoms with Crippen molar-refractivity contribution in [2.24, 2.45) is 0 Å². The van der Waals surface area contributed by atoms with Crippen molar-refractivity contribution in [3.63, 3.8) is 0 Å². The summed E-state index contributed by atoms with van der Waals surface area (Å²) < 4.78 is 42.0. The van der Waals surface area contributed by atoms with Crippen molar-refractivity contribution in [3.05, 3.63) is 44.5 Å². The predicted octanol–water partition coefficient (Wildman–Crippen LogP) is 4.06. The van der Waals surface area contributed by atoms with Crippen molar-refractivity contribution in [1.82, 2.24) is 15.2 Å². The van der Waals surface area contributed by atoms with Gasteiger partial charge in [-0.25, -0.2) is 0 Å². The lowest BCUT2D eigenvalue weighted by atomic mass is 10.1. The Labute approximate surface area is 181 Å². The van der Waals surface area contributed by atoms with Gasteiger partial charge < -0.3 is 19.2 Å². The quantitative estimate of drug-likeness (QED) is 0.433. The normalized spacial score (nSPS) is 13.9. The molecule has 1 aromatic carbocycles. The van der Waals surface area contributed by atoms with Crippen LogP contribution in [0.5, 0.6) is 11.5 Å². The highest BCUT2D eigenvalue weighted by Crippen LogP contribution is 2.39. The van der Waals surface area contributed by atoms with E-state index in [0.29, 0.717) is 16.8 Å². The number of ether oxygens (including phenoxy) is 3. The highest BCUT2D eigenvalue weighted by atomic mass is 19.3. The zero-order chi connectivity index (χ0) is 22.8. The third-order valence-electron chi connectivity index (χ3n) is 5.49. The van der Waals surface area contributed by atoms with E-state index in [-0.39, 0.29) is 41.2 Å². The van der Waals surface area contributed by atoms with Gasteiger partial charge in [-0.3, -0.25) is 19.8 Å². The summed E-state index contributed by atoms with van der Waals surface area (Å²) in [6, 6.07) is 4.54. The summed E-state index contributed by atoms with van der Waals surface area (Å²) in [6.45, 7) is 1.12. The monoisotopic (exact) mass is 449 g/mol. The van der Waals surface area contributed by atoms with E-state index in [0.717, 1.165) is 25.7 Å². The maximum Gasteiger partial charge on any atom is 0.387 e. The van der Waals surface area contributed by atoms with Gasteiger partial charge in [-0.1, -0.05) is 13.8 Å². The van der Waals surface area contributed by atoms with E-state index in [1.54, 1.807) is 12.1 Å². The summed E-state index contributed by atoms with van der Waals surface area (Å²) in [4.78, 5) is 27.9. The summed E-state index contributed by atoms with van der Waals surface area (Å²) in [5.74, 6) is 0.107. The van der Waals surface area contributed by atoms with Gasteiger partial charge in [0.2, 0.25) is 0 Å². The Morgan fingerprint density at radius 3 is 2.44 bits per heavy atom. The molecule has 3 aromatic rings. The standard InChI is InChI=1S/C22H25F2N3O5/c1-3-12(4-2)30-10-14-17-19(21(29)27-26-20(17)28)25-18(14)11-5-8-15(32-22(23)24)16(9-11)31-13-6-7-13/h5,8-9,12-13,22,25H,3-4,6-7,10H2,1-2H3,(H,26,28)(H,27,29). The first-order valence-corrected chi connectivity index (χ1v) is 10.6. The summed E-state index contributed by atoms with van der Waals surface area (Å²) in [5.41, 5.74) is 0.723. The maximum atomic E-state index is 12.8. The third-order valence-corrected chi connectivity index (χ3v) is 5.49. The van der Waals surface area contributed by atoms with E-state index in [1.807, 2.05) is 13.8 Å². The van der Waals surface area contributed by atoms with Crippen LogP contribution in [-0.2, 0) is 11.3 Å². The van der Waals surface area contributed by atoms with Gasteiger partial charge in [-0.05, 0) is 43.9 Å². The Morgan fingerprint density at radius 1 is 1.06 bits per heavy atom. The number of benzene rings is 1. The number of rotatable bonds is 10. The molecule has 0 aliphatic heterocycles. The topological polar surface area (TPSA) is 109 Å². The van der Waals surface area contributed by atoms with Crippen molar-refractivity contribution in [2.75, 3.05) is 0 Å².